The Bertz CT molecular complexity index is 3600. The van der Waals surface area contributed by atoms with Crippen molar-refractivity contribution in [3.63, 3.8) is 0 Å². The molecule has 0 unspecified atom stereocenters. The molecule has 0 saturated carbocycles. The maximum atomic E-state index is 6.40. The van der Waals surface area contributed by atoms with Gasteiger partial charge in [0.05, 0.1) is 11.2 Å². The predicted octanol–water partition coefficient (Wildman–Crippen LogP) is 15.1. The molecule has 0 radical (unpaired) electrons. The number of nitrogens with zero attached hydrogens (tertiary/aromatic N) is 4. The van der Waals surface area contributed by atoms with E-state index in [-0.39, 0.29) is 0 Å². The van der Waals surface area contributed by atoms with Crippen LogP contribution in [0.15, 0.2) is 223 Å². The number of hydrogen-bond acceptors (Lipinski definition) is 5. The highest BCUT2D eigenvalue weighted by molar-refractivity contribution is 6.28. The largest absolute Gasteiger partial charge is 0.456 e. The first-order valence-electron chi connectivity index (χ1n) is 21.1. The second-order valence-corrected chi connectivity index (χ2v) is 15.8. The van der Waals surface area contributed by atoms with Crippen molar-refractivity contribution in [3.05, 3.63) is 218 Å². The molecule has 63 heavy (non-hydrogen) atoms. The number of rotatable bonds is 7. The first kappa shape index (κ1) is 36.3. The zero-order valence-electron chi connectivity index (χ0n) is 34.0. The van der Waals surface area contributed by atoms with Gasteiger partial charge in [-0.15, -0.1) is 0 Å². The smallest absolute Gasteiger partial charge is 0.164 e. The monoisotopic (exact) mass is 804 g/mol. The predicted molar refractivity (Wildman–Crippen MR) is 258 cm³/mol. The average molecular weight is 805 g/mol. The van der Waals surface area contributed by atoms with Gasteiger partial charge in [0, 0.05) is 49.2 Å². The van der Waals surface area contributed by atoms with Gasteiger partial charge in [0.25, 0.3) is 0 Å². The molecular formula is C58H36N4O. The molecule has 12 rings (SSSR count). The molecule has 0 aliphatic carbocycles. The highest BCUT2D eigenvalue weighted by Gasteiger charge is 2.18. The quantitative estimate of drug-likeness (QED) is 0.150. The fourth-order valence-corrected chi connectivity index (χ4v) is 8.81. The topological polar surface area (TPSA) is 64.7 Å². The molecule has 3 heterocycles. The van der Waals surface area contributed by atoms with Crippen molar-refractivity contribution in [1.29, 1.82) is 0 Å². The highest BCUT2D eigenvalue weighted by atomic mass is 16.3. The average Bonchev–Trinajstić information content (AvgIpc) is 3.76. The molecule has 5 nitrogen and oxygen atoms in total. The van der Waals surface area contributed by atoms with Crippen LogP contribution < -0.4 is 0 Å². The Labute approximate surface area is 363 Å². The summed E-state index contributed by atoms with van der Waals surface area (Å²) in [5.41, 5.74) is 14.3. The van der Waals surface area contributed by atoms with E-state index in [1.54, 1.807) is 0 Å². The lowest BCUT2D eigenvalue weighted by atomic mass is 9.93. The number of furan rings is 1. The van der Waals surface area contributed by atoms with Crippen LogP contribution in [0.25, 0.3) is 122 Å². The van der Waals surface area contributed by atoms with Gasteiger partial charge in [-0.3, -0.25) is 0 Å². The summed E-state index contributed by atoms with van der Waals surface area (Å²) < 4.78 is 6.40. The highest BCUT2D eigenvalue weighted by Crippen LogP contribution is 2.42. The Morgan fingerprint density at radius 1 is 0.254 bits per heavy atom. The van der Waals surface area contributed by atoms with Crippen LogP contribution in [0.3, 0.4) is 0 Å². The molecule has 12 aromatic rings. The zero-order valence-corrected chi connectivity index (χ0v) is 34.0. The minimum Gasteiger partial charge on any atom is -0.456 e. The second kappa shape index (κ2) is 15.2. The van der Waals surface area contributed by atoms with Crippen molar-refractivity contribution in [2.24, 2.45) is 0 Å². The van der Waals surface area contributed by atoms with Gasteiger partial charge >= 0.3 is 0 Å². The SMILES string of the molecule is c1ccc(-c2nc(-c3ccccc3)nc(-c3cccc(-c4cccc(-c5ccc(-c6ccc7nc(-c8ccccc8)c8ccc9oc%10ccccc%10c9c8c7c6)cc5)c4)c3)n2)cc1. The second-order valence-electron chi connectivity index (χ2n) is 15.8. The summed E-state index contributed by atoms with van der Waals surface area (Å²) in [4.78, 5) is 20.1. The summed E-state index contributed by atoms with van der Waals surface area (Å²) >= 11 is 0. The van der Waals surface area contributed by atoms with E-state index < -0.39 is 0 Å². The van der Waals surface area contributed by atoms with E-state index in [0.29, 0.717) is 17.5 Å². The summed E-state index contributed by atoms with van der Waals surface area (Å²) in [7, 11) is 0. The van der Waals surface area contributed by atoms with Crippen LogP contribution in [0.1, 0.15) is 0 Å². The lowest BCUT2D eigenvalue weighted by molar-refractivity contribution is 0.669. The number of benzene rings is 9. The summed E-state index contributed by atoms with van der Waals surface area (Å²) in [6.45, 7) is 0. The van der Waals surface area contributed by atoms with Crippen LogP contribution in [-0.2, 0) is 0 Å². The molecule has 0 spiro atoms. The van der Waals surface area contributed by atoms with E-state index in [1.165, 1.54) is 0 Å². The van der Waals surface area contributed by atoms with Crippen LogP contribution in [-0.4, -0.2) is 19.9 Å². The first-order valence-corrected chi connectivity index (χ1v) is 21.1. The van der Waals surface area contributed by atoms with Crippen LogP contribution in [0, 0.1) is 0 Å². The molecule has 0 aliphatic rings. The molecule has 3 aromatic heterocycles. The van der Waals surface area contributed by atoms with Crippen molar-refractivity contribution in [3.8, 4) is 78.8 Å². The third-order valence-corrected chi connectivity index (χ3v) is 11.9. The Morgan fingerprint density at radius 3 is 1.37 bits per heavy atom. The van der Waals surface area contributed by atoms with Gasteiger partial charge in [0.15, 0.2) is 17.5 Å². The maximum absolute atomic E-state index is 6.40. The van der Waals surface area contributed by atoms with Crippen LogP contribution in [0.2, 0.25) is 0 Å². The van der Waals surface area contributed by atoms with Crippen molar-refractivity contribution in [2.45, 2.75) is 0 Å². The normalized spacial score (nSPS) is 11.5. The summed E-state index contributed by atoms with van der Waals surface area (Å²) in [5, 5.41) is 5.58. The Morgan fingerprint density at radius 2 is 0.730 bits per heavy atom. The summed E-state index contributed by atoms with van der Waals surface area (Å²) in [6.07, 6.45) is 0. The standard InChI is InChI=1S/C58H36N4O/c1-4-14-39(15-5-1)55-48-31-33-52-54(47-24-10-11-25-51(47)63-52)53(48)49-36-45(30-32-50(49)59-55)38-28-26-37(27-29-38)42-20-12-21-43(34-42)44-22-13-23-46(35-44)58-61-56(40-16-6-2-7-17-40)60-57(62-58)41-18-8-3-9-19-41/h1-36H. The Hall–Kier alpha value is -8.54. The molecule has 0 aliphatic heterocycles. The molecule has 0 amide bonds. The molecular weight excluding hydrogens is 769 g/mol. The fraction of sp³-hybridized carbons (Fsp3) is 0. The number of pyridine rings is 1. The molecule has 0 N–H and O–H groups in total. The van der Waals surface area contributed by atoms with Gasteiger partial charge in [0.2, 0.25) is 0 Å². The Kier molecular flexibility index (Phi) is 8.75. The van der Waals surface area contributed by atoms with Crippen LogP contribution in [0.4, 0.5) is 0 Å². The number of fused-ring (bicyclic) bond motifs is 7. The van der Waals surface area contributed by atoms with E-state index in [9.17, 15) is 0 Å². The van der Waals surface area contributed by atoms with Gasteiger partial charge in [-0.25, -0.2) is 19.9 Å². The van der Waals surface area contributed by atoms with Gasteiger partial charge in [-0.1, -0.05) is 176 Å². The fourth-order valence-electron chi connectivity index (χ4n) is 8.81. The number of hydrogen-bond donors (Lipinski definition) is 0. The lowest BCUT2D eigenvalue weighted by Gasteiger charge is -2.13. The van der Waals surface area contributed by atoms with Gasteiger partial charge in [-0.05, 0) is 75.8 Å². The summed E-state index contributed by atoms with van der Waals surface area (Å²) in [6, 6.07) is 75.8. The molecule has 0 saturated heterocycles. The van der Waals surface area contributed by atoms with Crippen LogP contribution >= 0.6 is 0 Å². The molecule has 294 valence electrons. The minimum atomic E-state index is 0.632. The van der Waals surface area contributed by atoms with E-state index in [1.807, 2.05) is 78.9 Å². The third-order valence-electron chi connectivity index (χ3n) is 11.9. The number of aromatic nitrogens is 4. The molecule has 0 atom stereocenters. The zero-order chi connectivity index (χ0) is 41.7. The molecule has 9 aromatic carbocycles. The molecule has 5 heteroatoms. The van der Waals surface area contributed by atoms with E-state index in [0.717, 1.165) is 105 Å². The van der Waals surface area contributed by atoms with Crippen LogP contribution in [0.5, 0.6) is 0 Å². The van der Waals surface area contributed by atoms with Crippen molar-refractivity contribution in [1.82, 2.24) is 19.9 Å². The third kappa shape index (κ3) is 6.60. The van der Waals surface area contributed by atoms with Crippen molar-refractivity contribution in [2.75, 3.05) is 0 Å². The summed E-state index contributed by atoms with van der Waals surface area (Å²) in [5.74, 6) is 1.92. The first-order chi connectivity index (χ1) is 31.2. The maximum Gasteiger partial charge on any atom is 0.164 e. The van der Waals surface area contributed by atoms with Crippen molar-refractivity contribution >= 4 is 43.6 Å². The van der Waals surface area contributed by atoms with E-state index in [2.05, 4.69) is 140 Å². The molecule has 0 bridgehead atoms. The minimum absolute atomic E-state index is 0.632. The number of para-hydroxylation sites is 1. The van der Waals surface area contributed by atoms with Gasteiger partial charge in [-0.2, -0.15) is 0 Å². The van der Waals surface area contributed by atoms with Gasteiger partial charge < -0.3 is 4.42 Å². The van der Waals surface area contributed by atoms with Crippen molar-refractivity contribution < 1.29 is 4.42 Å². The molecule has 0 fully saturated rings. The Balaban J connectivity index is 0.903. The van der Waals surface area contributed by atoms with E-state index >= 15 is 0 Å². The van der Waals surface area contributed by atoms with E-state index in [4.69, 9.17) is 24.4 Å². The lowest BCUT2D eigenvalue weighted by Crippen LogP contribution is -2.00. The van der Waals surface area contributed by atoms with Gasteiger partial charge in [0.1, 0.15) is 11.2 Å².